The predicted molar refractivity (Wildman–Crippen MR) is 141 cm³/mol. The molecule has 0 aliphatic carbocycles. The van der Waals surface area contributed by atoms with E-state index in [1.165, 1.54) is 28.4 Å². The molecule has 0 spiro atoms. The number of carbonyl (C=O) groups is 1. The maximum atomic E-state index is 12.8. The highest BCUT2D eigenvalue weighted by Gasteiger charge is 2.14. The highest BCUT2D eigenvalue weighted by Crippen LogP contribution is 2.36. The first-order valence-electron chi connectivity index (χ1n) is 10.7. The zero-order valence-corrected chi connectivity index (χ0v) is 21.8. The van der Waals surface area contributed by atoms with E-state index in [1.807, 2.05) is 50.2 Å². The molecule has 2 aromatic heterocycles. The van der Waals surface area contributed by atoms with Gasteiger partial charge in [0.2, 0.25) is 0 Å². The van der Waals surface area contributed by atoms with E-state index in [1.54, 1.807) is 13.2 Å². The Morgan fingerprint density at radius 3 is 2.77 bits per heavy atom. The molecule has 180 valence electrons. The third kappa shape index (κ3) is 5.60. The van der Waals surface area contributed by atoms with Gasteiger partial charge in [0.05, 0.1) is 29.5 Å². The summed E-state index contributed by atoms with van der Waals surface area (Å²) in [6, 6.07) is 13.4. The van der Waals surface area contributed by atoms with Crippen LogP contribution in [0.1, 0.15) is 21.6 Å². The molecule has 10 heteroatoms. The van der Waals surface area contributed by atoms with Crippen molar-refractivity contribution in [3.63, 3.8) is 0 Å². The van der Waals surface area contributed by atoms with Crippen LogP contribution in [0.3, 0.4) is 0 Å². The second-order valence-corrected chi connectivity index (χ2v) is 9.80. The summed E-state index contributed by atoms with van der Waals surface area (Å²) in [6.45, 7) is 4.04. The first kappa shape index (κ1) is 24.6. The van der Waals surface area contributed by atoms with Crippen LogP contribution in [-0.4, -0.2) is 28.8 Å². The number of amides is 1. The van der Waals surface area contributed by atoms with Crippen molar-refractivity contribution in [3.8, 4) is 11.5 Å². The van der Waals surface area contributed by atoms with Crippen molar-refractivity contribution in [2.24, 2.45) is 5.10 Å². The molecule has 0 bridgehead atoms. The Bertz CT molecular complexity index is 1460. The fourth-order valence-corrected chi connectivity index (χ4v) is 5.00. The second kappa shape index (κ2) is 10.8. The molecule has 0 aliphatic heterocycles. The number of nitrogens with one attached hydrogen (secondary N) is 1. The minimum absolute atomic E-state index is 0.188. The number of methoxy groups -OCH3 is 1. The van der Waals surface area contributed by atoms with E-state index in [0.717, 1.165) is 16.0 Å². The number of nitrogens with zero attached hydrogens (tertiary/aromatic N) is 3. The van der Waals surface area contributed by atoms with Crippen LogP contribution in [0.5, 0.6) is 11.5 Å². The van der Waals surface area contributed by atoms with Gasteiger partial charge in [0.25, 0.3) is 11.5 Å². The Morgan fingerprint density at radius 1 is 1.26 bits per heavy atom. The van der Waals surface area contributed by atoms with E-state index in [0.29, 0.717) is 38.4 Å². The first-order chi connectivity index (χ1) is 16.9. The summed E-state index contributed by atoms with van der Waals surface area (Å²) in [5.74, 6) is 0.650. The predicted octanol–water partition coefficient (Wildman–Crippen LogP) is 4.58. The van der Waals surface area contributed by atoms with Crippen LogP contribution in [0.2, 0.25) is 0 Å². The SMILES string of the molecule is COc1cc(/C=N/NC(=O)Cn2cnc3sc(C)c(C)c3c2=O)cc(Br)c1OCc1ccccc1. The van der Waals surface area contributed by atoms with Gasteiger partial charge in [-0.05, 0) is 58.6 Å². The Hall–Kier alpha value is -3.50. The third-order valence-electron chi connectivity index (χ3n) is 5.35. The fourth-order valence-electron chi connectivity index (χ4n) is 3.44. The zero-order chi connectivity index (χ0) is 24.9. The van der Waals surface area contributed by atoms with Crippen LogP contribution in [0, 0.1) is 13.8 Å². The van der Waals surface area contributed by atoms with Crippen LogP contribution < -0.4 is 20.5 Å². The van der Waals surface area contributed by atoms with Gasteiger partial charge in [-0.3, -0.25) is 14.2 Å². The molecule has 0 aliphatic rings. The summed E-state index contributed by atoms with van der Waals surface area (Å²) in [4.78, 5) is 31.2. The van der Waals surface area contributed by atoms with Crippen molar-refractivity contribution < 1.29 is 14.3 Å². The molecule has 2 heterocycles. The maximum Gasteiger partial charge on any atom is 0.262 e. The molecule has 8 nitrogen and oxygen atoms in total. The summed E-state index contributed by atoms with van der Waals surface area (Å²) in [6.07, 6.45) is 2.88. The number of halogens is 1. The molecule has 0 saturated carbocycles. The quantitative estimate of drug-likeness (QED) is 0.254. The summed E-state index contributed by atoms with van der Waals surface area (Å²) < 4.78 is 13.4. The number of ether oxygens (including phenoxy) is 2. The van der Waals surface area contributed by atoms with Crippen LogP contribution >= 0.6 is 27.3 Å². The van der Waals surface area contributed by atoms with Crippen molar-refractivity contribution in [1.29, 1.82) is 0 Å². The van der Waals surface area contributed by atoms with E-state index < -0.39 is 5.91 Å². The number of benzene rings is 2. The Balaban J connectivity index is 1.42. The van der Waals surface area contributed by atoms with Crippen molar-refractivity contribution in [1.82, 2.24) is 15.0 Å². The van der Waals surface area contributed by atoms with Crippen LogP contribution in [0.15, 0.2) is 63.2 Å². The third-order valence-corrected chi connectivity index (χ3v) is 7.05. The lowest BCUT2D eigenvalue weighted by Gasteiger charge is -2.13. The lowest BCUT2D eigenvalue weighted by atomic mass is 10.2. The number of thiophene rings is 1. The maximum absolute atomic E-state index is 12.8. The molecule has 1 amide bonds. The number of carbonyl (C=O) groups excluding carboxylic acids is 1. The average Bonchev–Trinajstić information content (AvgIpc) is 3.14. The number of fused-ring (bicyclic) bond motifs is 1. The van der Waals surface area contributed by atoms with E-state index >= 15 is 0 Å². The van der Waals surface area contributed by atoms with Gasteiger partial charge < -0.3 is 9.47 Å². The van der Waals surface area contributed by atoms with Crippen LogP contribution in [0.4, 0.5) is 0 Å². The second-order valence-electron chi connectivity index (χ2n) is 7.74. The number of aromatic nitrogens is 2. The lowest BCUT2D eigenvalue weighted by molar-refractivity contribution is -0.121. The van der Waals surface area contributed by atoms with Crippen molar-refractivity contribution in [2.75, 3.05) is 7.11 Å². The van der Waals surface area contributed by atoms with E-state index in [9.17, 15) is 9.59 Å². The smallest absolute Gasteiger partial charge is 0.262 e. The minimum atomic E-state index is -0.442. The van der Waals surface area contributed by atoms with Gasteiger partial charge in [0, 0.05) is 4.88 Å². The zero-order valence-electron chi connectivity index (χ0n) is 19.4. The monoisotopic (exact) mass is 554 g/mol. The van der Waals surface area contributed by atoms with Gasteiger partial charge in [-0.1, -0.05) is 30.3 Å². The normalized spacial score (nSPS) is 11.2. The molecule has 0 saturated heterocycles. The van der Waals surface area contributed by atoms with Gasteiger partial charge in [-0.25, -0.2) is 10.4 Å². The fraction of sp³-hybridized carbons (Fsp3) is 0.200. The van der Waals surface area contributed by atoms with Crippen molar-refractivity contribution in [3.05, 3.63) is 85.2 Å². The average molecular weight is 555 g/mol. The number of hydrogen-bond acceptors (Lipinski definition) is 7. The molecule has 4 rings (SSSR count). The summed E-state index contributed by atoms with van der Waals surface area (Å²) in [5.41, 5.74) is 4.83. The van der Waals surface area contributed by atoms with Crippen LogP contribution in [0.25, 0.3) is 10.2 Å². The van der Waals surface area contributed by atoms with Crippen molar-refractivity contribution >= 4 is 49.6 Å². The number of hydrazone groups is 1. The van der Waals surface area contributed by atoms with Gasteiger partial charge in [-0.15, -0.1) is 11.3 Å². The molecule has 0 unspecified atom stereocenters. The molecule has 0 radical (unpaired) electrons. The van der Waals surface area contributed by atoms with Crippen molar-refractivity contribution in [2.45, 2.75) is 27.0 Å². The molecule has 1 N–H and O–H groups in total. The van der Waals surface area contributed by atoms with E-state index in [-0.39, 0.29) is 12.1 Å². The summed E-state index contributed by atoms with van der Waals surface area (Å²) >= 11 is 4.98. The number of rotatable bonds is 8. The number of hydrogen-bond donors (Lipinski definition) is 1. The molecule has 0 fully saturated rings. The van der Waals surface area contributed by atoms with Gasteiger partial charge >= 0.3 is 0 Å². The molecular formula is C25H23BrN4O4S. The standard InChI is InChI=1S/C25H23BrN4O4S/c1-15-16(2)35-24-22(15)25(32)30(14-27-24)12-21(31)29-28-11-18-9-19(26)23(20(10-18)33-3)34-13-17-7-5-4-6-8-17/h4-11,14H,12-13H2,1-3H3,(H,29,31)/b28-11+. The van der Waals surface area contributed by atoms with Gasteiger partial charge in [0.1, 0.15) is 18.0 Å². The highest BCUT2D eigenvalue weighted by atomic mass is 79.9. The molecule has 2 aromatic carbocycles. The minimum Gasteiger partial charge on any atom is -0.493 e. The molecule has 0 atom stereocenters. The van der Waals surface area contributed by atoms with E-state index in [4.69, 9.17) is 9.47 Å². The largest absolute Gasteiger partial charge is 0.493 e. The lowest BCUT2D eigenvalue weighted by Crippen LogP contribution is -2.30. The number of aryl methyl sites for hydroxylation is 2. The highest BCUT2D eigenvalue weighted by molar-refractivity contribution is 9.10. The Morgan fingerprint density at radius 2 is 2.03 bits per heavy atom. The topological polar surface area (TPSA) is 94.8 Å². The first-order valence-corrected chi connectivity index (χ1v) is 12.3. The van der Waals surface area contributed by atoms with Gasteiger partial charge in [0.15, 0.2) is 11.5 Å². The van der Waals surface area contributed by atoms with Crippen LogP contribution in [-0.2, 0) is 17.9 Å². The molecule has 4 aromatic rings. The Labute approximate surface area is 214 Å². The molecule has 35 heavy (non-hydrogen) atoms. The molecular weight excluding hydrogens is 532 g/mol. The summed E-state index contributed by atoms with van der Waals surface area (Å²) in [7, 11) is 1.55. The summed E-state index contributed by atoms with van der Waals surface area (Å²) in [5, 5.41) is 4.57. The Kier molecular flexibility index (Phi) is 7.62. The van der Waals surface area contributed by atoms with Gasteiger partial charge in [-0.2, -0.15) is 5.10 Å². The van der Waals surface area contributed by atoms with E-state index in [2.05, 4.69) is 31.4 Å².